The Hall–Kier alpha value is -12.5. The second kappa shape index (κ2) is 40.3. The zero-order valence-electron chi connectivity index (χ0n) is 67.9. The van der Waals surface area contributed by atoms with Crippen LogP contribution >= 0.6 is 0 Å². The van der Waals surface area contributed by atoms with Crippen molar-refractivity contribution in [2.75, 3.05) is 161 Å². The van der Waals surface area contributed by atoms with Gasteiger partial charge in [0.2, 0.25) is 11.7 Å². The molecule has 7 saturated heterocycles. The molecule has 0 bridgehead atoms. The third-order valence-electron chi connectivity index (χ3n) is 22.3. The molecule has 9 aromatic rings. The number of piperazine rings is 1. The van der Waals surface area contributed by atoms with Crippen LogP contribution in [0.5, 0.6) is 40.2 Å². The summed E-state index contributed by atoms with van der Waals surface area (Å²) in [6, 6.07) is 47.5. The van der Waals surface area contributed by atoms with Crippen molar-refractivity contribution in [2.45, 2.75) is 94.3 Å². The summed E-state index contributed by atoms with van der Waals surface area (Å²) >= 11 is 0. The second-order valence-electron chi connectivity index (χ2n) is 30.1. The zero-order chi connectivity index (χ0) is 83.4. The zero-order valence-corrected chi connectivity index (χ0v) is 67.9. The number of aliphatic hydroxyl groups is 2. The van der Waals surface area contributed by atoms with Gasteiger partial charge in [0.05, 0.1) is 109 Å². The van der Waals surface area contributed by atoms with Gasteiger partial charge in [-0.05, 0) is 141 Å². The SMILES string of the molecule is COc1cc(Nc2ccnc(-c3ccc(OC4CCOCC4)c(C#N)c3)n2)cc(OC)c1OC.COc1cc(Nc2ccnc(-c3ccc(O[C@@H]4CCN(C(=O)CO)C4)c(C#N)c3)n2)ccc1N1CCN(C2COC2)CC1.C[C@H](O)C(=O)N1CCC(Oc2ccc(-c3nccc(Nc4ccc(C5CCN(C6COC6)CC5)cc4)n3)cc2C#N)CC1. The molecule has 31 nitrogen and oxygen atoms in total. The van der Waals surface area contributed by atoms with Crippen LogP contribution in [0.3, 0.4) is 0 Å². The van der Waals surface area contributed by atoms with E-state index in [1.54, 1.807) is 117 Å². The number of nitriles is 3. The Morgan fingerprint density at radius 2 is 0.917 bits per heavy atom. The molecule has 5 N–H and O–H groups in total. The third kappa shape index (κ3) is 20.9. The highest BCUT2D eigenvalue weighted by atomic mass is 16.5. The maximum absolute atomic E-state index is 12.0. The number of likely N-dealkylation sites (tertiary alicyclic amines) is 3. The van der Waals surface area contributed by atoms with Crippen molar-refractivity contribution in [3.8, 4) is 92.6 Å². The fraction of sp³-hybridized carbons (Fsp3) is 0.404. The smallest absolute Gasteiger partial charge is 0.251 e. The first kappa shape index (κ1) is 84.0. The minimum atomic E-state index is -1.00. The lowest BCUT2D eigenvalue weighted by molar-refractivity contribution is -0.141. The maximum atomic E-state index is 12.0. The Labute approximate surface area is 697 Å². The first-order chi connectivity index (χ1) is 58.6. The van der Waals surface area contributed by atoms with Crippen molar-refractivity contribution < 1.29 is 67.2 Å². The van der Waals surface area contributed by atoms with Gasteiger partial charge in [-0.15, -0.1) is 0 Å². The van der Waals surface area contributed by atoms with Crippen LogP contribution in [0.25, 0.3) is 34.2 Å². The van der Waals surface area contributed by atoms with Crippen LogP contribution in [0, 0.1) is 34.0 Å². The number of hydrogen-bond acceptors (Lipinski definition) is 29. The summed E-state index contributed by atoms with van der Waals surface area (Å²) in [7, 11) is 6.36. The average molecular weight is 1630 g/mol. The number of amides is 2. The van der Waals surface area contributed by atoms with Gasteiger partial charge in [-0.3, -0.25) is 19.4 Å². The molecule has 7 aliphatic rings. The van der Waals surface area contributed by atoms with Crippen molar-refractivity contribution in [1.82, 2.24) is 49.5 Å². The van der Waals surface area contributed by atoms with Crippen LogP contribution < -0.4 is 54.0 Å². The van der Waals surface area contributed by atoms with E-state index in [1.165, 1.54) is 25.3 Å². The molecular formula is C89H99N17O14. The van der Waals surface area contributed by atoms with Gasteiger partial charge < -0.3 is 88.2 Å². The Morgan fingerprint density at radius 1 is 0.475 bits per heavy atom. The van der Waals surface area contributed by atoms with Crippen LogP contribution in [0.1, 0.15) is 80.0 Å². The number of benzene rings is 6. The molecule has 7 aliphatic heterocycles. The monoisotopic (exact) mass is 1630 g/mol. The number of carbonyl (C=O) groups excluding carboxylic acids is 2. The molecule has 31 heteroatoms. The number of carbonyl (C=O) groups is 2. The summed E-state index contributed by atoms with van der Waals surface area (Å²) < 4.78 is 56.3. The summed E-state index contributed by atoms with van der Waals surface area (Å²) in [5, 5.41) is 58.0. The Bertz CT molecular complexity index is 5120. The molecule has 3 aromatic heterocycles. The molecule has 624 valence electrons. The predicted molar refractivity (Wildman–Crippen MR) is 448 cm³/mol. The van der Waals surface area contributed by atoms with Crippen molar-refractivity contribution in [3.63, 3.8) is 0 Å². The van der Waals surface area contributed by atoms with Gasteiger partial charge >= 0.3 is 0 Å². The molecule has 2 amide bonds. The van der Waals surface area contributed by atoms with Gasteiger partial charge in [0.15, 0.2) is 29.0 Å². The number of aliphatic hydroxyl groups excluding tert-OH is 2. The van der Waals surface area contributed by atoms with E-state index in [1.807, 2.05) is 36.4 Å². The molecule has 0 aliphatic carbocycles. The second-order valence-corrected chi connectivity index (χ2v) is 30.1. The molecule has 16 rings (SSSR count). The molecule has 0 unspecified atom stereocenters. The number of methoxy groups -OCH3 is 4. The Kier molecular flexibility index (Phi) is 28.2. The van der Waals surface area contributed by atoms with E-state index >= 15 is 0 Å². The van der Waals surface area contributed by atoms with E-state index in [2.05, 4.69) is 104 Å². The molecule has 10 heterocycles. The van der Waals surface area contributed by atoms with E-state index in [-0.39, 0.29) is 30.1 Å². The minimum Gasteiger partial charge on any atom is -0.495 e. The van der Waals surface area contributed by atoms with Crippen LogP contribution in [0.15, 0.2) is 146 Å². The topological polar surface area (TPSA) is 368 Å². The summed E-state index contributed by atoms with van der Waals surface area (Å²) in [6.45, 7) is 13.8. The highest BCUT2D eigenvalue weighted by Gasteiger charge is 2.34. The van der Waals surface area contributed by atoms with Gasteiger partial charge in [-0.2, -0.15) is 15.8 Å². The molecule has 7 fully saturated rings. The van der Waals surface area contributed by atoms with Gasteiger partial charge in [0, 0.05) is 148 Å². The largest absolute Gasteiger partial charge is 0.495 e. The standard InChI is InChI=1S/C33H38N6O4.C31H35N7O5.C25H26N4O5/c1-22(40)33(41)39-16-11-29(12-17-39)43-30-7-4-25(18-26(30)19-34)32-35-13-8-31(37-32)36-27-5-2-23(3-6-27)24-9-14-38(15-10-24)28-20-42-21-28;1-41-28-15-23(3-4-26(28)37-12-10-36(11-13-37)24-19-42-20-24)34-29-6-8-33-31(35-29)21-2-5-27(22(14-21)16-32)43-25-7-9-38(17-25)30(40)18-39;1-30-21-13-18(14-22(31-2)24(21)32-3)28-23-6-9-27-25(29-23)16-4-5-20(17(12-16)15-26)34-19-7-10-33-11-8-19/h2-8,13,18,22,24,28-29,40H,9-12,14-17,20-21H2,1H3,(H,35,36,37);2-6,8,14-15,24-25,39H,7,9-13,17-20H2,1H3,(H,33,34,35);4-6,9,12-14,19H,7-8,10-11H2,1-3H3,(H,27,28,29)/t22-;25-;/m01./s1. The summed E-state index contributed by atoms with van der Waals surface area (Å²) in [5.74, 6) is 7.16. The van der Waals surface area contributed by atoms with E-state index in [4.69, 9.17) is 57.5 Å². The predicted octanol–water partition coefficient (Wildman–Crippen LogP) is 10.7. The molecule has 6 aromatic carbocycles. The number of piperidine rings is 2. The molecule has 0 radical (unpaired) electrons. The minimum absolute atomic E-state index is 0.0500. The molecular weight excluding hydrogens is 1530 g/mol. The number of nitrogens with zero attached hydrogens (tertiary/aromatic N) is 14. The van der Waals surface area contributed by atoms with E-state index in [0.29, 0.717) is 180 Å². The summed E-state index contributed by atoms with van der Waals surface area (Å²) in [6.07, 6.45) is 9.61. The van der Waals surface area contributed by atoms with E-state index < -0.39 is 12.7 Å². The first-order valence-corrected chi connectivity index (χ1v) is 40.5. The van der Waals surface area contributed by atoms with Crippen molar-refractivity contribution in [1.29, 1.82) is 15.8 Å². The number of nitrogens with one attached hydrogen (secondary N) is 3. The summed E-state index contributed by atoms with van der Waals surface area (Å²) in [4.78, 5) is 61.7. The van der Waals surface area contributed by atoms with Crippen molar-refractivity contribution in [2.24, 2.45) is 0 Å². The van der Waals surface area contributed by atoms with Gasteiger partial charge in [0.25, 0.3) is 5.91 Å². The van der Waals surface area contributed by atoms with Crippen molar-refractivity contribution in [3.05, 3.63) is 168 Å². The normalized spacial score (nSPS) is 17.6. The first-order valence-electron chi connectivity index (χ1n) is 40.5. The van der Waals surface area contributed by atoms with Gasteiger partial charge in [0.1, 0.15) is 89.7 Å². The van der Waals surface area contributed by atoms with E-state index in [0.717, 1.165) is 107 Å². The lowest BCUT2D eigenvalue weighted by Crippen LogP contribution is -2.56. The number of anilines is 7. The Morgan fingerprint density at radius 3 is 1.38 bits per heavy atom. The molecule has 2 atom stereocenters. The van der Waals surface area contributed by atoms with Crippen molar-refractivity contribution >= 4 is 52.0 Å². The number of aromatic nitrogens is 6. The van der Waals surface area contributed by atoms with Crippen LogP contribution in [0.4, 0.5) is 40.2 Å². The van der Waals surface area contributed by atoms with Gasteiger partial charge in [-0.25, -0.2) is 29.9 Å². The molecule has 0 spiro atoms. The fourth-order valence-corrected chi connectivity index (χ4v) is 15.5. The lowest BCUT2D eigenvalue weighted by Gasteiger charge is -2.43. The molecule has 120 heavy (non-hydrogen) atoms. The average Bonchev–Trinajstić information content (AvgIpc) is 0.835. The quantitative estimate of drug-likeness (QED) is 0.0355. The molecule has 0 saturated carbocycles. The highest BCUT2D eigenvalue weighted by Crippen LogP contribution is 2.42. The number of hydrogen-bond donors (Lipinski definition) is 5. The van der Waals surface area contributed by atoms with Gasteiger partial charge in [-0.1, -0.05) is 12.1 Å². The highest BCUT2D eigenvalue weighted by molar-refractivity contribution is 5.80. The third-order valence-corrected chi connectivity index (χ3v) is 22.3. The Balaban J connectivity index is 0.000000149. The van der Waals surface area contributed by atoms with Crippen LogP contribution in [-0.2, 0) is 23.8 Å². The lowest BCUT2D eigenvalue weighted by atomic mass is 9.88. The van der Waals surface area contributed by atoms with E-state index in [9.17, 15) is 30.5 Å². The number of rotatable bonds is 25. The van der Waals surface area contributed by atoms with Crippen LogP contribution in [0.2, 0.25) is 0 Å². The maximum Gasteiger partial charge on any atom is 0.251 e. The van der Waals surface area contributed by atoms with Crippen LogP contribution in [-0.4, -0.2) is 248 Å². The fourth-order valence-electron chi connectivity index (χ4n) is 15.5. The number of ether oxygens (including phenoxy) is 10. The summed E-state index contributed by atoms with van der Waals surface area (Å²) in [5.41, 5.74) is 8.26.